The number of para-hydroxylation sites is 1. The number of carbonyl (C=O) groups excluding carboxylic acids is 1. The summed E-state index contributed by atoms with van der Waals surface area (Å²) >= 11 is 0. The maximum absolute atomic E-state index is 11.3. The van der Waals surface area contributed by atoms with Gasteiger partial charge in [0.25, 0.3) is 0 Å². The van der Waals surface area contributed by atoms with Crippen LogP contribution in [0.2, 0.25) is 0 Å². The Morgan fingerprint density at radius 2 is 2.24 bits per heavy atom. The lowest BCUT2D eigenvalue weighted by Gasteiger charge is -2.01. The van der Waals surface area contributed by atoms with Crippen LogP contribution in [0.3, 0.4) is 0 Å². The minimum atomic E-state index is 0.124. The minimum absolute atomic E-state index is 0.124. The van der Waals surface area contributed by atoms with Crippen LogP contribution in [0.25, 0.3) is 0 Å². The average Bonchev–Trinajstić information content (AvgIpc) is 3.19. The highest BCUT2D eigenvalue weighted by molar-refractivity contribution is 5.81. The second-order valence-corrected chi connectivity index (χ2v) is 3.99. The molecule has 17 heavy (non-hydrogen) atoms. The standard InChI is InChI=1S/C14H15NO2/c1-17-13-7-3-2-5-11(13)6-4-10-15-14(16)12-8-9-12/h2-3,5,7,12H,8-10H2,1H3,(H,15,16). The molecule has 1 aromatic rings. The molecule has 2 rings (SSSR count). The summed E-state index contributed by atoms with van der Waals surface area (Å²) < 4.78 is 5.18. The summed E-state index contributed by atoms with van der Waals surface area (Å²) in [6.07, 6.45) is 2.04. The first-order chi connectivity index (χ1) is 8.31. The van der Waals surface area contributed by atoms with Gasteiger partial charge >= 0.3 is 0 Å². The van der Waals surface area contributed by atoms with Crippen LogP contribution in [0.5, 0.6) is 5.75 Å². The Labute approximate surface area is 101 Å². The average molecular weight is 229 g/mol. The maximum Gasteiger partial charge on any atom is 0.223 e. The van der Waals surface area contributed by atoms with Gasteiger partial charge in [0.15, 0.2) is 0 Å². The first-order valence-corrected chi connectivity index (χ1v) is 5.71. The molecule has 0 spiro atoms. The van der Waals surface area contributed by atoms with Crippen molar-refractivity contribution in [1.82, 2.24) is 5.32 Å². The first-order valence-electron chi connectivity index (χ1n) is 5.71. The molecule has 1 aliphatic rings. The van der Waals surface area contributed by atoms with Crippen molar-refractivity contribution >= 4 is 5.91 Å². The SMILES string of the molecule is COc1ccccc1C#CCNC(=O)C1CC1. The summed E-state index contributed by atoms with van der Waals surface area (Å²) in [5, 5.41) is 2.80. The van der Waals surface area contributed by atoms with Gasteiger partial charge in [-0.1, -0.05) is 24.0 Å². The number of ether oxygens (including phenoxy) is 1. The molecule has 3 nitrogen and oxygen atoms in total. The molecule has 1 N–H and O–H groups in total. The fraction of sp³-hybridized carbons (Fsp3) is 0.357. The fourth-order valence-corrected chi connectivity index (χ4v) is 1.51. The predicted octanol–water partition coefficient (Wildman–Crippen LogP) is 1.57. The highest BCUT2D eigenvalue weighted by atomic mass is 16.5. The van der Waals surface area contributed by atoms with Crippen molar-refractivity contribution in [1.29, 1.82) is 0 Å². The fourth-order valence-electron chi connectivity index (χ4n) is 1.51. The Hall–Kier alpha value is -1.95. The highest BCUT2D eigenvalue weighted by Gasteiger charge is 2.28. The molecule has 0 radical (unpaired) electrons. The van der Waals surface area contributed by atoms with Gasteiger partial charge in [0.2, 0.25) is 5.91 Å². The molecule has 1 aromatic carbocycles. The van der Waals surface area contributed by atoms with Gasteiger partial charge < -0.3 is 10.1 Å². The number of hydrogen-bond acceptors (Lipinski definition) is 2. The van der Waals surface area contributed by atoms with E-state index in [1.807, 2.05) is 24.3 Å². The van der Waals surface area contributed by atoms with Crippen LogP contribution in [0.1, 0.15) is 18.4 Å². The Morgan fingerprint density at radius 3 is 2.94 bits per heavy atom. The van der Waals surface area contributed by atoms with Gasteiger partial charge in [-0.15, -0.1) is 0 Å². The normalized spacial score (nSPS) is 13.5. The molecule has 0 atom stereocenters. The molecular weight excluding hydrogens is 214 g/mol. The second kappa shape index (κ2) is 5.40. The largest absolute Gasteiger partial charge is 0.495 e. The zero-order chi connectivity index (χ0) is 12.1. The molecule has 3 heteroatoms. The Kier molecular flexibility index (Phi) is 3.66. The van der Waals surface area contributed by atoms with Crippen molar-refractivity contribution in [3.63, 3.8) is 0 Å². The Balaban J connectivity index is 1.89. The molecule has 0 unspecified atom stereocenters. The van der Waals surface area contributed by atoms with Crippen molar-refractivity contribution in [3.8, 4) is 17.6 Å². The van der Waals surface area contributed by atoms with E-state index in [0.717, 1.165) is 24.2 Å². The van der Waals surface area contributed by atoms with Gasteiger partial charge in [-0.2, -0.15) is 0 Å². The molecule has 0 saturated heterocycles. The zero-order valence-electron chi connectivity index (χ0n) is 9.82. The molecule has 0 aliphatic heterocycles. The number of hydrogen-bond donors (Lipinski definition) is 1. The van der Waals surface area contributed by atoms with E-state index in [-0.39, 0.29) is 11.8 Å². The minimum Gasteiger partial charge on any atom is -0.495 e. The van der Waals surface area contributed by atoms with Crippen LogP contribution in [0, 0.1) is 17.8 Å². The van der Waals surface area contributed by atoms with Crippen molar-refractivity contribution in [3.05, 3.63) is 29.8 Å². The summed E-state index contributed by atoms with van der Waals surface area (Å²) in [5.41, 5.74) is 0.843. The smallest absolute Gasteiger partial charge is 0.223 e. The van der Waals surface area contributed by atoms with Crippen LogP contribution >= 0.6 is 0 Å². The van der Waals surface area contributed by atoms with Crippen molar-refractivity contribution in [2.75, 3.05) is 13.7 Å². The molecule has 1 amide bonds. The number of benzene rings is 1. The van der Waals surface area contributed by atoms with Crippen LogP contribution < -0.4 is 10.1 Å². The second-order valence-electron chi connectivity index (χ2n) is 3.99. The monoisotopic (exact) mass is 229 g/mol. The number of nitrogens with one attached hydrogen (secondary N) is 1. The molecule has 0 bridgehead atoms. The van der Waals surface area contributed by atoms with Crippen molar-refractivity contribution in [2.45, 2.75) is 12.8 Å². The van der Waals surface area contributed by atoms with Crippen LogP contribution in [0.15, 0.2) is 24.3 Å². The lowest BCUT2D eigenvalue weighted by molar-refractivity contribution is -0.122. The van der Waals surface area contributed by atoms with Gasteiger partial charge in [0.1, 0.15) is 5.75 Å². The molecule has 1 fully saturated rings. The molecular formula is C14H15NO2. The zero-order valence-corrected chi connectivity index (χ0v) is 9.82. The predicted molar refractivity (Wildman–Crippen MR) is 65.6 cm³/mol. The molecule has 88 valence electrons. The third kappa shape index (κ3) is 3.25. The van der Waals surface area contributed by atoms with E-state index in [0.29, 0.717) is 6.54 Å². The summed E-state index contributed by atoms with van der Waals surface area (Å²) in [4.78, 5) is 11.3. The maximum atomic E-state index is 11.3. The van der Waals surface area contributed by atoms with Gasteiger partial charge in [0.05, 0.1) is 19.2 Å². The number of rotatable bonds is 3. The van der Waals surface area contributed by atoms with Gasteiger partial charge in [-0.05, 0) is 25.0 Å². The number of carbonyl (C=O) groups is 1. The topological polar surface area (TPSA) is 38.3 Å². The third-order valence-electron chi connectivity index (χ3n) is 2.63. The Morgan fingerprint density at radius 1 is 1.47 bits per heavy atom. The molecule has 0 heterocycles. The van der Waals surface area contributed by atoms with E-state index in [4.69, 9.17) is 4.74 Å². The quantitative estimate of drug-likeness (QED) is 0.799. The summed E-state index contributed by atoms with van der Waals surface area (Å²) in [6.45, 7) is 0.396. The molecule has 0 aromatic heterocycles. The lowest BCUT2D eigenvalue weighted by Crippen LogP contribution is -2.24. The van der Waals surface area contributed by atoms with Crippen LogP contribution in [0.4, 0.5) is 0 Å². The number of methoxy groups -OCH3 is 1. The van der Waals surface area contributed by atoms with Crippen molar-refractivity contribution < 1.29 is 9.53 Å². The van der Waals surface area contributed by atoms with E-state index in [1.54, 1.807) is 7.11 Å². The van der Waals surface area contributed by atoms with Gasteiger partial charge in [-0.3, -0.25) is 4.79 Å². The lowest BCUT2D eigenvalue weighted by atomic mass is 10.2. The third-order valence-corrected chi connectivity index (χ3v) is 2.63. The van der Waals surface area contributed by atoms with E-state index in [2.05, 4.69) is 17.2 Å². The van der Waals surface area contributed by atoms with E-state index in [9.17, 15) is 4.79 Å². The van der Waals surface area contributed by atoms with E-state index >= 15 is 0 Å². The van der Waals surface area contributed by atoms with Gasteiger partial charge in [-0.25, -0.2) is 0 Å². The highest BCUT2D eigenvalue weighted by Crippen LogP contribution is 2.28. The summed E-state index contributed by atoms with van der Waals surface area (Å²) in [7, 11) is 1.62. The van der Waals surface area contributed by atoms with Crippen LogP contribution in [-0.2, 0) is 4.79 Å². The Bertz CT molecular complexity index is 467. The summed E-state index contributed by atoms with van der Waals surface area (Å²) in [6, 6.07) is 7.58. The van der Waals surface area contributed by atoms with E-state index < -0.39 is 0 Å². The van der Waals surface area contributed by atoms with Crippen molar-refractivity contribution in [2.24, 2.45) is 5.92 Å². The first kappa shape index (κ1) is 11.5. The van der Waals surface area contributed by atoms with Gasteiger partial charge in [0, 0.05) is 5.92 Å². The van der Waals surface area contributed by atoms with Crippen LogP contribution in [-0.4, -0.2) is 19.6 Å². The van der Waals surface area contributed by atoms with E-state index in [1.165, 1.54) is 0 Å². The number of amides is 1. The summed E-state index contributed by atoms with van der Waals surface area (Å²) in [5.74, 6) is 7.04. The molecule has 1 saturated carbocycles. The molecule has 1 aliphatic carbocycles.